The van der Waals surface area contributed by atoms with Gasteiger partial charge in [0.2, 0.25) is 0 Å². The van der Waals surface area contributed by atoms with Crippen molar-refractivity contribution in [1.29, 1.82) is 0 Å². The fraction of sp³-hybridized carbons (Fsp3) is 0.625. The predicted molar refractivity (Wildman–Crippen MR) is 83.7 cm³/mol. The monoisotopic (exact) mass is 328 g/mol. The molecule has 0 aliphatic heterocycles. The first kappa shape index (κ1) is 14.4. The molecule has 1 aliphatic rings. The van der Waals surface area contributed by atoms with Crippen LogP contribution in [-0.4, -0.2) is 4.83 Å². The van der Waals surface area contributed by atoms with Crippen LogP contribution in [-0.2, 0) is 5.41 Å². The lowest BCUT2D eigenvalue weighted by Gasteiger charge is -2.42. The molecule has 0 aromatic heterocycles. The van der Waals surface area contributed by atoms with E-state index in [1.165, 1.54) is 24.8 Å². The van der Waals surface area contributed by atoms with Crippen molar-refractivity contribution in [2.24, 2.45) is 11.8 Å². The van der Waals surface area contributed by atoms with E-state index in [0.717, 1.165) is 10.9 Å². The van der Waals surface area contributed by atoms with E-state index in [-0.39, 0.29) is 5.41 Å². The molecular weight excluding hydrogens is 308 g/mol. The Kier molecular flexibility index (Phi) is 4.44. The molecule has 18 heavy (non-hydrogen) atoms. The van der Waals surface area contributed by atoms with Crippen LogP contribution in [0.3, 0.4) is 0 Å². The van der Waals surface area contributed by atoms with Crippen LogP contribution in [0.15, 0.2) is 24.3 Å². The van der Waals surface area contributed by atoms with Gasteiger partial charge in [-0.1, -0.05) is 66.9 Å². The van der Waals surface area contributed by atoms with Gasteiger partial charge in [0.05, 0.1) is 0 Å². The van der Waals surface area contributed by atoms with E-state index in [9.17, 15) is 0 Å². The van der Waals surface area contributed by atoms with Gasteiger partial charge in [0.15, 0.2) is 0 Å². The molecular formula is C16H22BrCl. The molecule has 2 heteroatoms. The summed E-state index contributed by atoms with van der Waals surface area (Å²) in [5, 5.41) is 0.821. The summed E-state index contributed by atoms with van der Waals surface area (Å²) in [6.45, 7) is 7.09. The Bertz CT molecular complexity index is 396. The van der Waals surface area contributed by atoms with Crippen molar-refractivity contribution in [3.8, 4) is 0 Å². The maximum atomic E-state index is 5.99. The minimum absolute atomic E-state index is 0.207. The van der Waals surface area contributed by atoms with Crippen LogP contribution in [0.1, 0.15) is 45.6 Å². The molecule has 0 saturated heterocycles. The first-order valence-corrected chi connectivity index (χ1v) is 8.10. The van der Waals surface area contributed by atoms with Gasteiger partial charge in [-0.25, -0.2) is 0 Å². The lowest BCUT2D eigenvalue weighted by atomic mass is 9.66. The largest absolute Gasteiger partial charge is 0.0887 e. The molecule has 1 fully saturated rings. The van der Waals surface area contributed by atoms with Crippen LogP contribution >= 0.6 is 27.5 Å². The number of alkyl halides is 1. The second kappa shape index (κ2) is 5.54. The molecule has 0 N–H and O–H groups in total. The van der Waals surface area contributed by atoms with Crippen LogP contribution < -0.4 is 0 Å². The number of rotatable bonds is 2. The Labute approximate surface area is 124 Å². The molecule has 0 nitrogen and oxygen atoms in total. The number of hydrogen-bond donors (Lipinski definition) is 0. The van der Waals surface area contributed by atoms with Gasteiger partial charge in [-0.2, -0.15) is 0 Å². The van der Waals surface area contributed by atoms with E-state index >= 15 is 0 Å². The van der Waals surface area contributed by atoms with Crippen molar-refractivity contribution in [2.75, 3.05) is 0 Å². The topological polar surface area (TPSA) is 0 Å². The van der Waals surface area contributed by atoms with Gasteiger partial charge in [-0.15, -0.1) is 0 Å². The summed E-state index contributed by atoms with van der Waals surface area (Å²) in [4.78, 5) is 0.631. The zero-order valence-corrected chi connectivity index (χ0v) is 13.8. The summed E-state index contributed by atoms with van der Waals surface area (Å²) in [5.41, 5.74) is 1.61. The molecule has 3 atom stereocenters. The van der Waals surface area contributed by atoms with Crippen LogP contribution in [0, 0.1) is 11.8 Å². The Hall–Kier alpha value is -0.0100. The molecule has 1 aliphatic carbocycles. The van der Waals surface area contributed by atoms with Gasteiger partial charge in [-0.05, 0) is 47.8 Å². The molecule has 0 radical (unpaired) electrons. The number of benzene rings is 1. The third-order valence-electron chi connectivity index (χ3n) is 4.55. The third kappa shape index (κ3) is 2.93. The van der Waals surface area contributed by atoms with Crippen molar-refractivity contribution in [3.05, 3.63) is 34.9 Å². The highest BCUT2D eigenvalue weighted by atomic mass is 79.9. The van der Waals surface area contributed by atoms with Gasteiger partial charge in [0, 0.05) is 9.85 Å². The minimum Gasteiger partial charge on any atom is -0.0887 e. The van der Waals surface area contributed by atoms with Crippen molar-refractivity contribution < 1.29 is 0 Å². The lowest BCUT2D eigenvalue weighted by molar-refractivity contribution is 0.214. The molecule has 0 heterocycles. The van der Waals surface area contributed by atoms with Gasteiger partial charge < -0.3 is 0 Å². The second-order valence-corrected chi connectivity index (χ2v) is 7.88. The molecule has 100 valence electrons. The van der Waals surface area contributed by atoms with Crippen LogP contribution in [0.2, 0.25) is 5.02 Å². The zero-order chi connectivity index (χ0) is 13.3. The molecule has 1 aromatic rings. The fourth-order valence-electron chi connectivity index (χ4n) is 3.22. The number of halogens is 2. The van der Waals surface area contributed by atoms with Crippen molar-refractivity contribution in [1.82, 2.24) is 0 Å². The van der Waals surface area contributed by atoms with E-state index in [2.05, 4.69) is 48.8 Å². The summed E-state index contributed by atoms with van der Waals surface area (Å²) in [5.74, 6) is 1.56. The average molecular weight is 330 g/mol. The first-order valence-electron chi connectivity index (χ1n) is 6.81. The Balaban J connectivity index is 2.22. The maximum Gasteiger partial charge on any atom is 0.0406 e. The molecule has 0 bridgehead atoms. The molecule has 1 saturated carbocycles. The van der Waals surface area contributed by atoms with Crippen molar-refractivity contribution in [2.45, 2.75) is 50.3 Å². The zero-order valence-electron chi connectivity index (χ0n) is 11.4. The normalized spacial score (nSPS) is 29.3. The molecule has 2 rings (SSSR count). The van der Waals surface area contributed by atoms with Crippen LogP contribution in [0.25, 0.3) is 0 Å². The number of hydrogen-bond acceptors (Lipinski definition) is 0. The highest BCUT2D eigenvalue weighted by Crippen LogP contribution is 2.45. The SMILES string of the molecule is CC1CCC(C(C)(C)c2ccc(Cl)cc2)C(Br)C1. The highest BCUT2D eigenvalue weighted by Gasteiger charge is 2.38. The molecule has 3 unspecified atom stereocenters. The van der Waals surface area contributed by atoms with Crippen LogP contribution in [0.5, 0.6) is 0 Å². The van der Waals surface area contributed by atoms with Crippen molar-refractivity contribution >= 4 is 27.5 Å². The van der Waals surface area contributed by atoms with E-state index in [4.69, 9.17) is 11.6 Å². The Morgan fingerprint density at radius 3 is 2.33 bits per heavy atom. The van der Waals surface area contributed by atoms with E-state index in [0.29, 0.717) is 10.7 Å². The summed E-state index contributed by atoms with van der Waals surface area (Å²) in [6.07, 6.45) is 3.96. The Morgan fingerprint density at radius 1 is 1.17 bits per heavy atom. The Morgan fingerprint density at radius 2 is 1.78 bits per heavy atom. The first-order chi connectivity index (χ1) is 8.41. The summed E-state index contributed by atoms with van der Waals surface area (Å²) in [6, 6.07) is 8.38. The average Bonchev–Trinajstić information content (AvgIpc) is 2.29. The maximum absolute atomic E-state index is 5.99. The standard InChI is InChI=1S/C16H22BrCl/c1-11-4-9-14(15(17)10-11)16(2,3)12-5-7-13(18)8-6-12/h5-8,11,14-15H,4,9-10H2,1-3H3. The van der Waals surface area contributed by atoms with Gasteiger partial charge in [-0.3, -0.25) is 0 Å². The molecule has 0 amide bonds. The predicted octanol–water partition coefficient (Wildman–Crippen LogP) is 5.82. The van der Waals surface area contributed by atoms with Gasteiger partial charge in [0.1, 0.15) is 0 Å². The highest BCUT2D eigenvalue weighted by molar-refractivity contribution is 9.09. The smallest absolute Gasteiger partial charge is 0.0406 e. The van der Waals surface area contributed by atoms with Crippen molar-refractivity contribution in [3.63, 3.8) is 0 Å². The van der Waals surface area contributed by atoms with E-state index < -0.39 is 0 Å². The molecule has 1 aromatic carbocycles. The summed E-state index contributed by atoms with van der Waals surface area (Å²) < 4.78 is 0. The van der Waals surface area contributed by atoms with Crippen LogP contribution in [0.4, 0.5) is 0 Å². The molecule has 0 spiro atoms. The second-order valence-electron chi connectivity index (χ2n) is 6.27. The van der Waals surface area contributed by atoms with Gasteiger partial charge >= 0.3 is 0 Å². The summed E-state index contributed by atoms with van der Waals surface area (Å²) in [7, 11) is 0. The quantitative estimate of drug-likeness (QED) is 0.600. The van der Waals surface area contributed by atoms with E-state index in [1.54, 1.807) is 0 Å². The van der Waals surface area contributed by atoms with Gasteiger partial charge in [0.25, 0.3) is 0 Å². The third-order valence-corrected chi connectivity index (χ3v) is 5.81. The lowest BCUT2D eigenvalue weighted by Crippen LogP contribution is -2.38. The fourth-order valence-corrected chi connectivity index (χ4v) is 4.91. The van der Waals surface area contributed by atoms with E-state index in [1.807, 2.05) is 12.1 Å². The minimum atomic E-state index is 0.207. The summed E-state index contributed by atoms with van der Waals surface area (Å²) >= 11 is 9.90.